The van der Waals surface area contributed by atoms with Crippen LogP contribution in [0.15, 0.2) is 138 Å². The number of fused-ring (bicyclic) bond motifs is 1. The lowest BCUT2D eigenvalue weighted by Gasteiger charge is -2.08. The van der Waals surface area contributed by atoms with Crippen LogP contribution in [0.25, 0.3) is 11.0 Å². The molecule has 0 aliphatic rings. The molecule has 13 N–H and O–H groups in total. The summed E-state index contributed by atoms with van der Waals surface area (Å²) in [6.07, 6.45) is 4.05. The highest BCUT2D eigenvalue weighted by Crippen LogP contribution is 2.14. The first-order valence-electron chi connectivity index (χ1n) is 19.5. The molecule has 0 saturated heterocycles. The first-order chi connectivity index (χ1) is 30.0. The number of furan rings is 1. The number of carbonyl (C=O) groups is 4. The fourth-order valence-corrected chi connectivity index (χ4v) is 4.66. The number of nitrogens with one attached hydrogen (secondary N) is 4. The van der Waals surface area contributed by atoms with E-state index in [1.54, 1.807) is 73.1 Å². The molecule has 63 heavy (non-hydrogen) atoms. The summed E-state index contributed by atoms with van der Waals surface area (Å²) in [7, 11) is 0. The van der Waals surface area contributed by atoms with Crippen LogP contribution in [-0.4, -0.2) is 50.5 Å². The molecular weight excluding hydrogens is 805 g/mol. The number of aromatic carboxylic acids is 1. The monoisotopic (exact) mass is 858 g/mol. The van der Waals surface area contributed by atoms with E-state index >= 15 is 0 Å². The molecule has 330 valence electrons. The summed E-state index contributed by atoms with van der Waals surface area (Å²) >= 11 is 0. The average Bonchev–Trinajstić information content (AvgIpc) is 3.97. The van der Waals surface area contributed by atoms with Crippen LogP contribution >= 0.6 is 0 Å². The lowest BCUT2D eigenvalue weighted by atomic mass is 10.1. The number of carboxylic acid groups (broad SMARTS) is 1. The smallest absolute Gasteiger partial charge is 0.411 e. The lowest BCUT2D eigenvalue weighted by Crippen LogP contribution is -2.17. The molecule has 3 heterocycles. The second-order valence-corrected chi connectivity index (χ2v) is 14.2. The summed E-state index contributed by atoms with van der Waals surface area (Å²) in [5.74, 6) is -0.377. The van der Waals surface area contributed by atoms with Gasteiger partial charge in [0.15, 0.2) is 0 Å². The summed E-state index contributed by atoms with van der Waals surface area (Å²) in [5, 5.41) is 16.3. The van der Waals surface area contributed by atoms with Gasteiger partial charge in [0, 0.05) is 39.9 Å². The van der Waals surface area contributed by atoms with Crippen molar-refractivity contribution < 1.29 is 33.4 Å². The number of benzene rings is 4. The minimum absolute atomic E-state index is 0.00227. The molecule has 0 fully saturated rings. The van der Waals surface area contributed by atoms with Gasteiger partial charge < -0.3 is 52.8 Å². The predicted octanol–water partition coefficient (Wildman–Crippen LogP) is 8.68. The number of aromatic amines is 1. The van der Waals surface area contributed by atoms with E-state index < -0.39 is 12.1 Å². The summed E-state index contributed by atoms with van der Waals surface area (Å²) < 4.78 is 9.45. The van der Waals surface area contributed by atoms with Gasteiger partial charge in [0.1, 0.15) is 5.82 Å². The summed E-state index contributed by atoms with van der Waals surface area (Å²) in [4.78, 5) is 55.4. The number of nitrogens with two attached hydrogens (primary N) is 4. The van der Waals surface area contributed by atoms with E-state index in [4.69, 9.17) is 32.8 Å². The fraction of sp³-hybridized carbons (Fsp3) is 0.174. The summed E-state index contributed by atoms with van der Waals surface area (Å²) in [6, 6.07) is 33.3. The number of carbonyl (C=O) groups excluding carboxylic acids is 3. The lowest BCUT2D eigenvalue weighted by molar-refractivity contribution is -0.118. The van der Waals surface area contributed by atoms with Crippen LogP contribution in [0.3, 0.4) is 0 Å². The van der Waals surface area contributed by atoms with Crippen molar-refractivity contribution in [2.45, 2.75) is 34.6 Å². The third-order valence-corrected chi connectivity index (χ3v) is 8.00. The van der Waals surface area contributed by atoms with Crippen LogP contribution in [0.5, 0.6) is 0 Å². The highest BCUT2D eigenvalue weighted by Gasteiger charge is 2.09. The number of hydrogen-bond donors (Lipinski definition) is 9. The standard InChI is InChI=1S/C13H13N3O.C11H16N2O2.C10H14N2O.C7H7N3.C5H4O3/c1-9-4-2-3-5-11(9)13(17)16-12-7-6-10(14)8-15-12;1-8(2)7-15-11(14)13-10-5-3-9(12)4-6-10;1-7(2)10(13)12-9-5-3-8(11)4-6-9;8-5-1-2-6-7(3-5)10-4-9-6;6-5(7)4-2-1-3-8-4/h2-8H,14H2,1H3,(H,15,16,17);3-6,8H,7,12H2,1-2H3,(H,13,14);3-7H,11H2,1-2H3,(H,12,13);1-4H,8H2,(H,9,10);1-3H,(H,6,7). The maximum atomic E-state index is 11.9. The van der Waals surface area contributed by atoms with Crippen LogP contribution in [0, 0.1) is 18.8 Å². The molecule has 0 aliphatic carbocycles. The van der Waals surface area contributed by atoms with Gasteiger partial charge in [-0.2, -0.15) is 0 Å². The van der Waals surface area contributed by atoms with Crippen molar-refractivity contribution in [1.29, 1.82) is 0 Å². The topological polar surface area (TPSA) is 293 Å². The third-order valence-electron chi connectivity index (χ3n) is 8.00. The van der Waals surface area contributed by atoms with Crippen molar-refractivity contribution >= 4 is 74.9 Å². The van der Waals surface area contributed by atoms with E-state index in [0.29, 0.717) is 46.7 Å². The third kappa shape index (κ3) is 18.6. The maximum Gasteiger partial charge on any atom is 0.411 e. The number of pyridine rings is 1. The van der Waals surface area contributed by atoms with Gasteiger partial charge in [-0.3, -0.25) is 14.9 Å². The Labute approximate surface area is 365 Å². The molecule has 0 atom stereocenters. The first-order valence-corrected chi connectivity index (χ1v) is 19.5. The van der Waals surface area contributed by atoms with Gasteiger partial charge >= 0.3 is 12.1 Å². The second-order valence-electron chi connectivity index (χ2n) is 14.2. The van der Waals surface area contributed by atoms with Crippen molar-refractivity contribution in [2.24, 2.45) is 11.8 Å². The number of H-pyrrole nitrogens is 1. The van der Waals surface area contributed by atoms with Gasteiger partial charge in [-0.05, 0) is 115 Å². The van der Waals surface area contributed by atoms with E-state index in [0.717, 1.165) is 28.0 Å². The van der Waals surface area contributed by atoms with E-state index in [2.05, 4.69) is 35.3 Å². The number of aryl methyl sites for hydroxylation is 1. The fourth-order valence-electron chi connectivity index (χ4n) is 4.66. The zero-order valence-corrected chi connectivity index (χ0v) is 35.7. The Kier molecular flexibility index (Phi) is 19.7. The highest BCUT2D eigenvalue weighted by molar-refractivity contribution is 6.04. The van der Waals surface area contributed by atoms with Crippen molar-refractivity contribution in [3.8, 4) is 0 Å². The molecule has 0 bridgehead atoms. The zero-order chi connectivity index (χ0) is 46.3. The van der Waals surface area contributed by atoms with Gasteiger partial charge in [0.2, 0.25) is 11.7 Å². The quantitative estimate of drug-likeness (QED) is 0.0647. The zero-order valence-electron chi connectivity index (χ0n) is 35.7. The highest BCUT2D eigenvalue weighted by atomic mass is 16.5. The summed E-state index contributed by atoms with van der Waals surface area (Å²) in [6.45, 7) is 9.98. The number of aromatic nitrogens is 3. The molecule has 4 aromatic carbocycles. The molecule has 17 nitrogen and oxygen atoms in total. The molecule has 3 aromatic heterocycles. The van der Waals surface area contributed by atoms with Crippen molar-refractivity contribution in [1.82, 2.24) is 15.0 Å². The molecule has 0 radical (unpaired) electrons. The van der Waals surface area contributed by atoms with E-state index in [-0.39, 0.29) is 23.5 Å². The average molecular weight is 859 g/mol. The molecule has 7 aromatic rings. The minimum Gasteiger partial charge on any atom is -0.475 e. The second kappa shape index (κ2) is 25.3. The first kappa shape index (κ1) is 49.0. The molecule has 17 heteroatoms. The largest absolute Gasteiger partial charge is 0.475 e. The van der Waals surface area contributed by atoms with Crippen molar-refractivity contribution in [3.63, 3.8) is 0 Å². The number of nitrogens with zero attached hydrogens (tertiary/aromatic N) is 2. The van der Waals surface area contributed by atoms with Gasteiger partial charge in [0.25, 0.3) is 5.91 Å². The van der Waals surface area contributed by atoms with E-state index in [1.165, 1.54) is 24.6 Å². The molecule has 0 saturated carbocycles. The predicted molar refractivity (Wildman–Crippen MR) is 249 cm³/mol. The van der Waals surface area contributed by atoms with Gasteiger partial charge in [-0.1, -0.05) is 45.9 Å². The van der Waals surface area contributed by atoms with Crippen LogP contribution < -0.4 is 38.9 Å². The molecule has 0 aliphatic heterocycles. The van der Waals surface area contributed by atoms with Crippen molar-refractivity contribution in [2.75, 3.05) is 45.5 Å². The maximum absolute atomic E-state index is 11.9. The van der Waals surface area contributed by atoms with Gasteiger partial charge in [-0.15, -0.1) is 0 Å². The van der Waals surface area contributed by atoms with Crippen LogP contribution in [-0.2, 0) is 9.53 Å². The Morgan fingerprint density at radius 2 is 1.32 bits per heavy atom. The Bertz CT molecular complexity index is 2470. The Hall–Kier alpha value is -8.34. The SMILES string of the molecule is CC(C)C(=O)Nc1ccc(N)cc1.CC(C)COC(=O)Nc1ccc(N)cc1.Cc1ccccc1C(=O)Nc1ccc(N)cn1.Nc1ccc2nc[nH]c2c1.O=C(O)c1ccco1. The summed E-state index contributed by atoms with van der Waals surface area (Å²) in [5.41, 5.74) is 29.7. The normalized spacial score (nSPS) is 9.95. The van der Waals surface area contributed by atoms with Crippen LogP contribution in [0.1, 0.15) is 54.2 Å². The van der Waals surface area contributed by atoms with Gasteiger partial charge in [-0.25, -0.2) is 19.6 Å². The number of hydrogen-bond acceptors (Lipinski definition) is 12. The van der Waals surface area contributed by atoms with Gasteiger partial charge in [0.05, 0.1) is 42.1 Å². The molecule has 3 amide bonds. The van der Waals surface area contributed by atoms with E-state index in [1.807, 2.05) is 71.0 Å². The Morgan fingerprint density at radius 1 is 0.714 bits per heavy atom. The number of nitrogen functional groups attached to an aromatic ring is 4. The molecule has 0 spiro atoms. The van der Waals surface area contributed by atoms with Crippen molar-refractivity contribution in [3.05, 3.63) is 151 Å². The number of amides is 3. The Balaban J connectivity index is 0.000000214. The van der Waals surface area contributed by atoms with E-state index in [9.17, 15) is 19.2 Å². The minimum atomic E-state index is -1.03. The number of rotatable bonds is 8. The number of ether oxygens (including phenoxy) is 1. The molecule has 7 rings (SSSR count). The Morgan fingerprint density at radius 3 is 1.84 bits per heavy atom. The number of imidazole rings is 1. The number of anilines is 7. The number of carboxylic acids is 1. The van der Waals surface area contributed by atoms with Crippen LogP contribution in [0.4, 0.5) is 44.7 Å². The molecular formula is C46H54N10O7. The molecule has 0 unspecified atom stereocenters. The van der Waals surface area contributed by atoms with Crippen LogP contribution in [0.2, 0.25) is 0 Å².